The highest BCUT2D eigenvalue weighted by molar-refractivity contribution is 5.96. The van der Waals surface area contributed by atoms with Gasteiger partial charge in [0, 0.05) is 35.3 Å². The fourth-order valence-corrected chi connectivity index (χ4v) is 4.42. The van der Waals surface area contributed by atoms with Gasteiger partial charge in [0.2, 0.25) is 0 Å². The fraction of sp³-hybridized carbons (Fsp3) is 0.333. The predicted octanol–water partition coefficient (Wildman–Crippen LogP) is 2.95. The Kier molecular flexibility index (Phi) is 4.16. The smallest absolute Gasteiger partial charge is 0.186 e. The number of hydrogen-bond acceptors (Lipinski definition) is 6. The Hall–Kier alpha value is -3.06. The number of H-pyrrole nitrogens is 1. The number of rotatable bonds is 4. The number of benzene rings is 1. The van der Waals surface area contributed by atoms with Gasteiger partial charge in [-0.25, -0.2) is 0 Å². The number of piperidine rings is 1. The van der Waals surface area contributed by atoms with E-state index >= 15 is 0 Å². The highest BCUT2D eigenvalue weighted by Crippen LogP contribution is 2.34. The number of ketones is 1. The molecule has 0 spiro atoms. The van der Waals surface area contributed by atoms with E-state index < -0.39 is 0 Å². The molecule has 0 aliphatic carbocycles. The molecule has 7 heteroatoms. The Bertz CT molecular complexity index is 988. The second-order valence-electron chi connectivity index (χ2n) is 7.69. The lowest BCUT2D eigenvalue weighted by Crippen LogP contribution is -2.40. The van der Waals surface area contributed by atoms with Crippen LogP contribution in [-0.2, 0) is 0 Å². The molecule has 0 unspecified atom stereocenters. The molecule has 2 bridgehead atoms. The lowest BCUT2D eigenvalue weighted by atomic mass is 9.87. The van der Waals surface area contributed by atoms with Crippen molar-refractivity contribution in [2.75, 3.05) is 0 Å². The Morgan fingerprint density at radius 2 is 1.86 bits per heavy atom. The number of Topliss-reactive ketones (excluding diaryl/α,β-unsaturated/α-hetero) is 1. The number of nitrogens with zero attached hydrogens (tertiary/aromatic N) is 3. The van der Waals surface area contributed by atoms with Gasteiger partial charge in [0.25, 0.3) is 0 Å². The van der Waals surface area contributed by atoms with Crippen LogP contribution in [0.1, 0.15) is 36.2 Å². The van der Waals surface area contributed by atoms with E-state index in [4.69, 9.17) is 0 Å². The van der Waals surface area contributed by atoms with E-state index in [1.165, 1.54) is 0 Å². The van der Waals surface area contributed by atoms with E-state index in [9.17, 15) is 9.90 Å². The van der Waals surface area contributed by atoms with Crippen LogP contribution in [0, 0.1) is 5.92 Å². The zero-order chi connectivity index (χ0) is 19.1. The molecule has 142 valence electrons. The van der Waals surface area contributed by atoms with Crippen LogP contribution >= 0.6 is 0 Å². The molecule has 2 aromatic heterocycles. The van der Waals surface area contributed by atoms with Crippen molar-refractivity contribution < 1.29 is 9.90 Å². The van der Waals surface area contributed by atoms with Crippen molar-refractivity contribution in [3.05, 3.63) is 48.4 Å². The normalized spacial score (nSPS) is 23.6. The minimum Gasteiger partial charge on any atom is -0.507 e. The lowest BCUT2D eigenvalue weighted by molar-refractivity contribution is 0.0869. The van der Waals surface area contributed by atoms with Gasteiger partial charge >= 0.3 is 0 Å². The summed E-state index contributed by atoms with van der Waals surface area (Å²) >= 11 is 0. The molecule has 2 fully saturated rings. The maximum atomic E-state index is 12.8. The van der Waals surface area contributed by atoms with Gasteiger partial charge in [-0.3, -0.25) is 9.89 Å². The van der Waals surface area contributed by atoms with Gasteiger partial charge in [-0.2, -0.15) is 5.10 Å². The van der Waals surface area contributed by atoms with Crippen LogP contribution in [0.5, 0.6) is 5.75 Å². The third-order valence-corrected chi connectivity index (χ3v) is 5.87. The summed E-state index contributed by atoms with van der Waals surface area (Å²) in [6.07, 6.45) is 7.55. The number of aromatic amines is 1. The molecule has 1 aromatic carbocycles. The number of carbonyl (C=O) groups is 1. The topological polar surface area (TPSA) is 104 Å². The summed E-state index contributed by atoms with van der Waals surface area (Å²) < 4.78 is 0. The second-order valence-corrected chi connectivity index (χ2v) is 7.69. The summed E-state index contributed by atoms with van der Waals surface area (Å²) in [6, 6.07) is 9.77. The van der Waals surface area contributed by atoms with Crippen molar-refractivity contribution in [1.29, 1.82) is 0 Å². The molecule has 3 N–H and O–H groups in total. The zero-order valence-electron chi connectivity index (χ0n) is 15.3. The van der Waals surface area contributed by atoms with Gasteiger partial charge in [-0.15, -0.1) is 10.2 Å². The highest BCUT2D eigenvalue weighted by atomic mass is 16.3. The average molecular weight is 375 g/mol. The molecule has 4 heterocycles. The van der Waals surface area contributed by atoms with E-state index in [1.807, 2.05) is 6.07 Å². The summed E-state index contributed by atoms with van der Waals surface area (Å²) in [5.74, 6) is 0.223. The largest absolute Gasteiger partial charge is 0.507 e. The predicted molar refractivity (Wildman–Crippen MR) is 104 cm³/mol. The van der Waals surface area contributed by atoms with Crippen molar-refractivity contribution in [3.8, 4) is 28.1 Å². The molecule has 3 atom stereocenters. The van der Waals surface area contributed by atoms with Crippen molar-refractivity contribution in [1.82, 2.24) is 25.7 Å². The molecule has 2 aliphatic rings. The molecule has 0 saturated carbocycles. The fourth-order valence-electron chi connectivity index (χ4n) is 4.42. The summed E-state index contributed by atoms with van der Waals surface area (Å²) in [5, 5.41) is 29.0. The molecule has 28 heavy (non-hydrogen) atoms. The van der Waals surface area contributed by atoms with Gasteiger partial charge in [0.05, 0.1) is 11.9 Å². The van der Waals surface area contributed by atoms with Crippen LogP contribution in [0.25, 0.3) is 22.4 Å². The molecular weight excluding hydrogens is 354 g/mol. The Morgan fingerprint density at radius 1 is 1.04 bits per heavy atom. The number of nitrogens with one attached hydrogen (secondary N) is 2. The SMILES string of the molecule is O=C(c1ccc(-c2ccc(-c3cn[nH]c3)cc2O)nn1)[C@@H]1C[C@H]2CC[C@@H](C1)N2. The number of aromatic hydroxyl groups is 1. The number of phenols is 1. The molecule has 5 rings (SSSR count). The van der Waals surface area contributed by atoms with Crippen molar-refractivity contribution in [2.24, 2.45) is 5.92 Å². The molecule has 7 nitrogen and oxygen atoms in total. The lowest BCUT2D eigenvalue weighted by Gasteiger charge is -2.27. The standard InChI is InChI=1S/C21H21N5O2/c27-20-9-12(14-10-22-23-11-14)1-4-17(20)18-5-6-19(26-25-18)21(28)13-7-15-2-3-16(8-13)24-15/h1,4-6,9-11,13,15-16,24,27H,2-3,7-8H2,(H,22,23)/t13-,15-,16+. The number of aromatic nitrogens is 4. The zero-order valence-corrected chi connectivity index (χ0v) is 15.3. The van der Waals surface area contributed by atoms with E-state index in [2.05, 4.69) is 25.7 Å². The summed E-state index contributed by atoms with van der Waals surface area (Å²) in [7, 11) is 0. The van der Waals surface area contributed by atoms with Crippen LogP contribution in [-0.4, -0.2) is 43.4 Å². The maximum absolute atomic E-state index is 12.8. The van der Waals surface area contributed by atoms with Crippen LogP contribution in [0.3, 0.4) is 0 Å². The van der Waals surface area contributed by atoms with Crippen molar-refractivity contribution in [2.45, 2.75) is 37.8 Å². The number of fused-ring (bicyclic) bond motifs is 2. The number of carbonyl (C=O) groups excluding carboxylic acids is 1. The van der Waals surface area contributed by atoms with E-state index in [0.717, 1.165) is 36.8 Å². The Morgan fingerprint density at radius 3 is 2.50 bits per heavy atom. The summed E-state index contributed by atoms with van der Waals surface area (Å²) in [6.45, 7) is 0. The Balaban J connectivity index is 1.36. The van der Waals surface area contributed by atoms with Gasteiger partial charge < -0.3 is 10.4 Å². The Labute approximate surface area is 162 Å². The molecule has 0 amide bonds. The summed E-state index contributed by atoms with van der Waals surface area (Å²) in [4.78, 5) is 12.8. The first-order valence-corrected chi connectivity index (χ1v) is 9.64. The molecule has 2 saturated heterocycles. The maximum Gasteiger partial charge on any atom is 0.186 e. The van der Waals surface area contributed by atoms with E-state index in [1.54, 1.807) is 36.7 Å². The second kappa shape index (κ2) is 6.83. The first-order chi connectivity index (χ1) is 13.7. The van der Waals surface area contributed by atoms with Gasteiger partial charge in [0.15, 0.2) is 5.78 Å². The van der Waals surface area contributed by atoms with E-state index in [0.29, 0.717) is 29.0 Å². The van der Waals surface area contributed by atoms with Gasteiger partial charge in [-0.05, 0) is 55.5 Å². The molecular formula is C21H21N5O2. The van der Waals surface area contributed by atoms with Crippen molar-refractivity contribution in [3.63, 3.8) is 0 Å². The van der Waals surface area contributed by atoms with Crippen molar-refractivity contribution >= 4 is 5.78 Å². The molecule has 3 aromatic rings. The van der Waals surface area contributed by atoms with Crippen LogP contribution in [0.4, 0.5) is 0 Å². The third kappa shape index (κ3) is 3.07. The van der Waals surface area contributed by atoms with Crippen LogP contribution in [0.2, 0.25) is 0 Å². The van der Waals surface area contributed by atoms with Gasteiger partial charge in [0.1, 0.15) is 11.4 Å². The minimum absolute atomic E-state index is 0.0292. The quantitative estimate of drug-likeness (QED) is 0.606. The minimum atomic E-state index is 0.0292. The molecule has 2 aliphatic heterocycles. The van der Waals surface area contributed by atoms with Crippen LogP contribution in [0.15, 0.2) is 42.7 Å². The average Bonchev–Trinajstić information content (AvgIpc) is 3.37. The number of hydrogen-bond donors (Lipinski definition) is 3. The monoisotopic (exact) mass is 375 g/mol. The van der Waals surface area contributed by atoms with Crippen LogP contribution < -0.4 is 5.32 Å². The summed E-state index contributed by atoms with van der Waals surface area (Å²) in [5.41, 5.74) is 3.28. The highest BCUT2D eigenvalue weighted by Gasteiger charge is 2.37. The van der Waals surface area contributed by atoms with E-state index in [-0.39, 0.29) is 17.5 Å². The van der Waals surface area contributed by atoms with Gasteiger partial charge in [-0.1, -0.05) is 6.07 Å². The first-order valence-electron chi connectivity index (χ1n) is 9.64. The third-order valence-electron chi connectivity index (χ3n) is 5.87. The molecule has 0 radical (unpaired) electrons. The number of phenolic OH excluding ortho intramolecular Hbond substituents is 1. The first kappa shape index (κ1) is 17.1.